The highest BCUT2D eigenvalue weighted by Gasteiger charge is 1.85. The van der Waals surface area contributed by atoms with Crippen LogP contribution in [-0.2, 0) is 0 Å². The minimum atomic E-state index is 0. The van der Waals surface area contributed by atoms with Crippen molar-refractivity contribution in [3.8, 4) is 0 Å². The van der Waals surface area contributed by atoms with Crippen LogP contribution < -0.4 is 0 Å². The van der Waals surface area contributed by atoms with Crippen LogP contribution in [0.25, 0.3) is 0 Å². The van der Waals surface area contributed by atoms with Crippen LogP contribution in [0.2, 0.25) is 0 Å². The van der Waals surface area contributed by atoms with E-state index in [4.69, 9.17) is 23.2 Å². The summed E-state index contributed by atoms with van der Waals surface area (Å²) in [6.07, 6.45) is 4.74. The molecule has 0 fully saturated rings. The van der Waals surface area contributed by atoms with Crippen LogP contribution in [0, 0.1) is 0 Å². The number of halogens is 4. The first kappa shape index (κ1) is 17.3. The van der Waals surface area contributed by atoms with Gasteiger partial charge in [-0.05, 0) is 12.8 Å². The summed E-state index contributed by atoms with van der Waals surface area (Å²) in [6.45, 7) is 0. The normalized spacial score (nSPS) is 7.80. The molecule has 10 heavy (non-hydrogen) atoms. The summed E-state index contributed by atoms with van der Waals surface area (Å²) in [7, 11) is 0. The van der Waals surface area contributed by atoms with E-state index in [0.717, 1.165) is 24.6 Å². The molecule has 0 radical (unpaired) electrons. The highest BCUT2D eigenvalue weighted by Crippen LogP contribution is 2.01. The van der Waals surface area contributed by atoms with Gasteiger partial charge in [0.15, 0.2) is 0 Å². The van der Waals surface area contributed by atoms with Crippen LogP contribution in [0.4, 0.5) is 0 Å². The number of hydrogen-bond acceptors (Lipinski definition) is 0. The monoisotopic (exact) mass is 226 g/mol. The minimum absolute atomic E-state index is 0. The molecule has 0 saturated heterocycles. The summed E-state index contributed by atoms with van der Waals surface area (Å²) >= 11 is 10.9. The molecule has 0 aromatic heterocycles. The van der Waals surface area contributed by atoms with E-state index in [-0.39, 0.29) is 24.8 Å². The molecule has 0 aliphatic carbocycles. The first-order valence-corrected chi connectivity index (χ1v) is 4.10. The standard InChI is InChI=1S/C6H12Cl2.2ClH/c7-5-3-1-2-4-6-8;;/h1-6H2;2*1H. The Morgan fingerprint density at radius 2 is 0.900 bits per heavy atom. The van der Waals surface area contributed by atoms with E-state index in [1.807, 2.05) is 0 Å². The molecule has 0 bridgehead atoms. The third kappa shape index (κ3) is 16.1. The zero-order chi connectivity index (χ0) is 6.24. The van der Waals surface area contributed by atoms with Crippen LogP contribution in [0.15, 0.2) is 0 Å². The molecule has 0 saturated carbocycles. The van der Waals surface area contributed by atoms with E-state index < -0.39 is 0 Å². The molecule has 0 spiro atoms. The van der Waals surface area contributed by atoms with Crippen LogP contribution in [-0.4, -0.2) is 11.8 Å². The minimum Gasteiger partial charge on any atom is -0.147 e. The second-order valence-corrected chi connectivity index (χ2v) is 2.55. The van der Waals surface area contributed by atoms with Gasteiger partial charge >= 0.3 is 0 Å². The average molecular weight is 228 g/mol. The van der Waals surface area contributed by atoms with Gasteiger partial charge in [0.2, 0.25) is 0 Å². The Morgan fingerprint density at radius 3 is 1.10 bits per heavy atom. The smallest absolute Gasteiger partial charge is 0.0223 e. The zero-order valence-electron chi connectivity index (χ0n) is 5.82. The second-order valence-electron chi connectivity index (χ2n) is 1.79. The summed E-state index contributed by atoms with van der Waals surface area (Å²) in [6, 6.07) is 0. The van der Waals surface area contributed by atoms with Crippen molar-refractivity contribution in [3.63, 3.8) is 0 Å². The fourth-order valence-corrected chi connectivity index (χ4v) is 0.921. The fourth-order valence-electron chi connectivity index (χ4n) is 0.543. The quantitative estimate of drug-likeness (QED) is 0.494. The lowest BCUT2D eigenvalue weighted by atomic mass is 10.2. The Hall–Kier alpha value is 1.16. The van der Waals surface area contributed by atoms with Crippen molar-refractivity contribution in [1.29, 1.82) is 0 Å². The van der Waals surface area contributed by atoms with Crippen LogP contribution in [0.5, 0.6) is 0 Å². The molecule has 0 aliphatic heterocycles. The van der Waals surface area contributed by atoms with Gasteiger partial charge in [-0.3, -0.25) is 0 Å². The molecular weight excluding hydrogens is 214 g/mol. The zero-order valence-corrected chi connectivity index (χ0v) is 8.96. The number of unbranched alkanes of at least 4 members (excludes halogenated alkanes) is 3. The molecule has 0 nitrogen and oxygen atoms in total. The summed E-state index contributed by atoms with van der Waals surface area (Å²) in [4.78, 5) is 0. The van der Waals surface area contributed by atoms with Crippen molar-refractivity contribution in [1.82, 2.24) is 0 Å². The third-order valence-electron chi connectivity index (χ3n) is 1.02. The summed E-state index contributed by atoms with van der Waals surface area (Å²) in [5, 5.41) is 0. The van der Waals surface area contributed by atoms with E-state index in [1.54, 1.807) is 0 Å². The Morgan fingerprint density at radius 1 is 0.600 bits per heavy atom. The molecule has 0 rings (SSSR count). The summed E-state index contributed by atoms with van der Waals surface area (Å²) in [5.41, 5.74) is 0. The van der Waals surface area contributed by atoms with E-state index in [9.17, 15) is 0 Å². The molecule has 0 aromatic carbocycles. The van der Waals surface area contributed by atoms with Crippen LogP contribution >= 0.6 is 48.0 Å². The first-order valence-electron chi connectivity index (χ1n) is 3.03. The van der Waals surface area contributed by atoms with Gasteiger partial charge in [0.1, 0.15) is 0 Å². The number of rotatable bonds is 5. The molecule has 0 aromatic rings. The third-order valence-corrected chi connectivity index (χ3v) is 1.55. The van der Waals surface area contributed by atoms with Crippen molar-refractivity contribution < 1.29 is 0 Å². The Labute approximate surface area is 85.5 Å². The largest absolute Gasteiger partial charge is 0.147 e. The lowest BCUT2D eigenvalue weighted by Gasteiger charge is -1.92. The predicted molar refractivity (Wildman–Crippen MR) is 54.4 cm³/mol. The Kier molecular flexibility index (Phi) is 28.8. The van der Waals surface area contributed by atoms with Gasteiger partial charge in [-0.1, -0.05) is 12.8 Å². The topological polar surface area (TPSA) is 0 Å². The Balaban J connectivity index is -0.000000245. The average Bonchev–Trinajstić information content (AvgIpc) is 1.81. The second kappa shape index (κ2) is 16.6. The van der Waals surface area contributed by atoms with E-state index in [1.165, 1.54) is 12.8 Å². The van der Waals surface area contributed by atoms with Gasteiger partial charge in [0, 0.05) is 11.8 Å². The number of hydrogen-bond donors (Lipinski definition) is 0. The summed E-state index contributed by atoms with van der Waals surface area (Å²) < 4.78 is 0. The molecule has 0 atom stereocenters. The van der Waals surface area contributed by atoms with E-state index >= 15 is 0 Å². The van der Waals surface area contributed by atoms with Crippen molar-refractivity contribution in [2.24, 2.45) is 0 Å². The first-order chi connectivity index (χ1) is 3.91. The van der Waals surface area contributed by atoms with Gasteiger partial charge in [-0.25, -0.2) is 0 Å². The summed E-state index contributed by atoms with van der Waals surface area (Å²) in [5.74, 6) is 1.59. The molecule has 0 unspecified atom stereocenters. The van der Waals surface area contributed by atoms with Crippen molar-refractivity contribution in [2.45, 2.75) is 25.7 Å². The van der Waals surface area contributed by atoms with Gasteiger partial charge in [0.25, 0.3) is 0 Å². The molecule has 0 aliphatic rings. The van der Waals surface area contributed by atoms with Crippen molar-refractivity contribution >= 4 is 48.0 Å². The predicted octanol–water partition coefficient (Wildman–Crippen LogP) is 3.87. The molecule has 0 heterocycles. The molecule has 66 valence electrons. The van der Waals surface area contributed by atoms with Crippen LogP contribution in [0.1, 0.15) is 25.7 Å². The fraction of sp³-hybridized carbons (Fsp3) is 1.00. The van der Waals surface area contributed by atoms with Gasteiger partial charge < -0.3 is 0 Å². The van der Waals surface area contributed by atoms with Crippen LogP contribution in [0.3, 0.4) is 0 Å². The molecule has 4 heteroatoms. The van der Waals surface area contributed by atoms with E-state index in [2.05, 4.69) is 0 Å². The van der Waals surface area contributed by atoms with Gasteiger partial charge in [-0.2, -0.15) is 0 Å². The van der Waals surface area contributed by atoms with Crippen molar-refractivity contribution in [2.75, 3.05) is 11.8 Å². The molecular formula is C6H14Cl4. The highest BCUT2D eigenvalue weighted by atomic mass is 35.5. The SMILES string of the molecule is Cl.Cl.ClCCCCCCCl. The van der Waals surface area contributed by atoms with Gasteiger partial charge in [-0.15, -0.1) is 48.0 Å². The molecule has 0 N–H and O–H groups in total. The van der Waals surface area contributed by atoms with Crippen molar-refractivity contribution in [3.05, 3.63) is 0 Å². The lowest BCUT2D eigenvalue weighted by Crippen LogP contribution is -1.78. The maximum absolute atomic E-state index is 5.45. The maximum Gasteiger partial charge on any atom is 0.0223 e. The number of alkyl halides is 2. The van der Waals surface area contributed by atoms with Gasteiger partial charge in [0.05, 0.1) is 0 Å². The molecule has 0 amide bonds. The highest BCUT2D eigenvalue weighted by molar-refractivity contribution is 6.18. The Bertz CT molecular complexity index is 34.7. The lowest BCUT2D eigenvalue weighted by molar-refractivity contribution is 0.708. The maximum atomic E-state index is 5.45. The van der Waals surface area contributed by atoms with E-state index in [0.29, 0.717) is 0 Å².